The van der Waals surface area contributed by atoms with Crippen LogP contribution in [0, 0.1) is 5.92 Å². The largest absolute Gasteiger partial charge is 0.493 e. The highest BCUT2D eigenvalue weighted by molar-refractivity contribution is 7.80. The molecule has 0 fully saturated rings. The molecular weight excluding hydrogens is 332 g/mol. The van der Waals surface area contributed by atoms with Gasteiger partial charge in [0.15, 0.2) is 10.9 Å². The van der Waals surface area contributed by atoms with Crippen molar-refractivity contribution >= 4 is 23.1 Å². The monoisotopic (exact) mass is 360 g/mol. The molecule has 1 aliphatic rings. The Hall–Kier alpha value is -1.88. The lowest BCUT2D eigenvalue weighted by Gasteiger charge is -2.37. The summed E-state index contributed by atoms with van der Waals surface area (Å²) in [5.74, 6) is 1.34. The Labute approximate surface area is 156 Å². The van der Waals surface area contributed by atoms with Crippen LogP contribution in [0.2, 0.25) is 0 Å². The molecule has 2 rings (SSSR count). The van der Waals surface area contributed by atoms with E-state index in [2.05, 4.69) is 26.1 Å². The summed E-state index contributed by atoms with van der Waals surface area (Å²) in [5, 5.41) is 4.01. The first-order valence-electron chi connectivity index (χ1n) is 8.87. The minimum absolute atomic E-state index is 0.0621. The molecule has 1 unspecified atom stereocenters. The molecule has 0 radical (unpaired) electrons. The zero-order chi connectivity index (χ0) is 18.6. The van der Waals surface area contributed by atoms with E-state index in [-0.39, 0.29) is 11.8 Å². The molecule has 25 heavy (non-hydrogen) atoms. The summed E-state index contributed by atoms with van der Waals surface area (Å²) in [7, 11) is 0. The van der Waals surface area contributed by atoms with E-state index in [1.807, 2.05) is 36.1 Å². The fourth-order valence-corrected chi connectivity index (χ4v) is 3.37. The van der Waals surface area contributed by atoms with Crippen molar-refractivity contribution in [2.45, 2.75) is 47.1 Å². The van der Waals surface area contributed by atoms with Crippen molar-refractivity contribution in [1.82, 2.24) is 10.2 Å². The molecule has 0 aliphatic carbocycles. The lowest BCUT2D eigenvalue weighted by molar-refractivity contribution is -0.114. The minimum Gasteiger partial charge on any atom is -0.493 e. The van der Waals surface area contributed by atoms with Crippen LogP contribution < -0.4 is 10.1 Å². The Kier molecular flexibility index (Phi) is 6.59. The first-order valence-corrected chi connectivity index (χ1v) is 9.28. The lowest BCUT2D eigenvalue weighted by Crippen LogP contribution is -2.47. The quantitative estimate of drug-likeness (QED) is 0.737. The van der Waals surface area contributed by atoms with Crippen molar-refractivity contribution in [2.24, 2.45) is 5.92 Å². The second-order valence-corrected chi connectivity index (χ2v) is 7.25. The maximum Gasteiger partial charge on any atom is 0.173 e. The van der Waals surface area contributed by atoms with Gasteiger partial charge in [0.05, 0.1) is 12.6 Å². The molecule has 0 spiro atoms. The molecule has 1 atom stereocenters. The number of rotatable bonds is 7. The molecule has 1 heterocycles. The van der Waals surface area contributed by atoms with Crippen molar-refractivity contribution in [3.63, 3.8) is 0 Å². The number of thiocarbonyl (C=S) groups is 1. The highest BCUT2D eigenvalue weighted by Gasteiger charge is 2.31. The van der Waals surface area contributed by atoms with E-state index in [9.17, 15) is 4.79 Å². The number of ketones is 1. The third-order valence-electron chi connectivity index (χ3n) is 4.20. The molecule has 0 saturated carbocycles. The van der Waals surface area contributed by atoms with E-state index in [1.165, 1.54) is 0 Å². The topological polar surface area (TPSA) is 41.6 Å². The van der Waals surface area contributed by atoms with E-state index < -0.39 is 0 Å². The maximum absolute atomic E-state index is 12.4. The van der Waals surface area contributed by atoms with Gasteiger partial charge in [-0.15, -0.1) is 0 Å². The van der Waals surface area contributed by atoms with E-state index in [4.69, 9.17) is 17.0 Å². The molecule has 5 heteroatoms. The van der Waals surface area contributed by atoms with Crippen molar-refractivity contribution in [2.75, 3.05) is 13.2 Å². The number of nitrogens with zero attached hydrogens (tertiary/aromatic N) is 1. The number of nitrogens with one attached hydrogen (secondary N) is 1. The Morgan fingerprint density at radius 1 is 1.40 bits per heavy atom. The van der Waals surface area contributed by atoms with Gasteiger partial charge in [-0.3, -0.25) is 4.79 Å². The van der Waals surface area contributed by atoms with Crippen LogP contribution in [0.4, 0.5) is 0 Å². The van der Waals surface area contributed by atoms with E-state index in [0.717, 1.165) is 35.5 Å². The summed E-state index contributed by atoms with van der Waals surface area (Å²) in [6, 6.07) is 7.67. The Morgan fingerprint density at radius 2 is 2.12 bits per heavy atom. The predicted octanol–water partition coefficient (Wildman–Crippen LogP) is 4.23. The summed E-state index contributed by atoms with van der Waals surface area (Å²) in [4.78, 5) is 14.4. The predicted molar refractivity (Wildman–Crippen MR) is 106 cm³/mol. The van der Waals surface area contributed by atoms with E-state index >= 15 is 0 Å². The minimum atomic E-state index is -0.235. The standard InChI is InChI=1S/C20H28N2O2S/c1-6-10-22-14(4)18(15(5)23)19(21-20(22)25)16-8-7-9-17(11-16)24-12-13(2)3/h7-9,11,13,19H,6,10,12H2,1-5H3,(H,21,25). The molecule has 1 aromatic carbocycles. The van der Waals surface area contributed by atoms with Crippen molar-refractivity contribution in [3.05, 3.63) is 41.1 Å². The van der Waals surface area contributed by atoms with Gasteiger partial charge in [0.2, 0.25) is 0 Å². The van der Waals surface area contributed by atoms with Crippen LogP contribution in [0.25, 0.3) is 0 Å². The second-order valence-electron chi connectivity index (χ2n) is 6.87. The Balaban J connectivity index is 2.38. The number of carbonyl (C=O) groups is 1. The van der Waals surface area contributed by atoms with Gasteiger partial charge in [-0.2, -0.15) is 0 Å². The summed E-state index contributed by atoms with van der Waals surface area (Å²) in [6.07, 6.45) is 0.966. The molecule has 136 valence electrons. The van der Waals surface area contributed by atoms with Gasteiger partial charge in [-0.1, -0.05) is 32.9 Å². The number of hydrogen-bond acceptors (Lipinski definition) is 3. The zero-order valence-electron chi connectivity index (χ0n) is 15.8. The second kappa shape index (κ2) is 8.48. The first kappa shape index (κ1) is 19.4. The van der Waals surface area contributed by atoms with Crippen LogP contribution in [0.5, 0.6) is 5.75 Å². The van der Waals surface area contributed by atoms with Gasteiger partial charge in [-0.25, -0.2) is 0 Å². The number of allylic oxidation sites excluding steroid dienone is 1. The van der Waals surface area contributed by atoms with Crippen LogP contribution >= 0.6 is 12.2 Å². The number of ether oxygens (including phenoxy) is 1. The summed E-state index contributed by atoms with van der Waals surface area (Å²) in [6.45, 7) is 11.4. The van der Waals surface area contributed by atoms with Crippen LogP contribution in [-0.2, 0) is 4.79 Å². The molecular formula is C20H28N2O2S. The van der Waals surface area contributed by atoms with Crippen LogP contribution in [0.1, 0.15) is 52.6 Å². The Bertz CT molecular complexity index is 682. The van der Waals surface area contributed by atoms with Gasteiger partial charge >= 0.3 is 0 Å². The van der Waals surface area contributed by atoms with Gasteiger partial charge in [0, 0.05) is 17.8 Å². The smallest absolute Gasteiger partial charge is 0.173 e. The number of benzene rings is 1. The molecule has 0 aromatic heterocycles. The number of carbonyl (C=O) groups excluding carboxylic acids is 1. The number of Topliss-reactive ketones (excluding diaryl/α,β-unsaturated/α-hetero) is 1. The third-order valence-corrected chi connectivity index (χ3v) is 4.54. The molecule has 0 bridgehead atoms. The Morgan fingerprint density at radius 3 is 2.72 bits per heavy atom. The zero-order valence-corrected chi connectivity index (χ0v) is 16.6. The summed E-state index contributed by atoms with van der Waals surface area (Å²) in [5.41, 5.74) is 2.70. The first-order chi connectivity index (χ1) is 11.8. The third kappa shape index (κ3) is 4.60. The van der Waals surface area contributed by atoms with Crippen molar-refractivity contribution in [3.8, 4) is 5.75 Å². The lowest BCUT2D eigenvalue weighted by atomic mass is 9.92. The molecule has 1 aromatic rings. The van der Waals surface area contributed by atoms with E-state index in [1.54, 1.807) is 6.92 Å². The normalized spacial score (nSPS) is 17.8. The average Bonchev–Trinajstić information content (AvgIpc) is 2.56. The SMILES string of the molecule is CCCN1C(=S)NC(c2cccc(OCC(C)C)c2)C(C(C)=O)=C1C. The van der Waals surface area contributed by atoms with Crippen LogP contribution in [0.3, 0.4) is 0 Å². The highest BCUT2D eigenvalue weighted by Crippen LogP contribution is 2.32. The van der Waals surface area contributed by atoms with Crippen molar-refractivity contribution < 1.29 is 9.53 Å². The fraction of sp³-hybridized carbons (Fsp3) is 0.500. The van der Waals surface area contributed by atoms with Gasteiger partial charge in [-0.05, 0) is 56.1 Å². The van der Waals surface area contributed by atoms with Crippen LogP contribution in [-0.4, -0.2) is 28.9 Å². The average molecular weight is 361 g/mol. The molecule has 0 amide bonds. The van der Waals surface area contributed by atoms with Crippen molar-refractivity contribution in [1.29, 1.82) is 0 Å². The highest BCUT2D eigenvalue weighted by atomic mass is 32.1. The van der Waals surface area contributed by atoms with Gasteiger partial charge in [0.25, 0.3) is 0 Å². The van der Waals surface area contributed by atoms with Gasteiger partial charge in [0.1, 0.15) is 5.75 Å². The fourth-order valence-electron chi connectivity index (χ4n) is 3.03. The molecule has 4 nitrogen and oxygen atoms in total. The molecule has 0 saturated heterocycles. The maximum atomic E-state index is 12.4. The molecule has 1 N–H and O–H groups in total. The molecule has 1 aliphatic heterocycles. The van der Waals surface area contributed by atoms with Gasteiger partial charge < -0.3 is 15.0 Å². The number of hydrogen-bond donors (Lipinski definition) is 1. The van der Waals surface area contributed by atoms with E-state index in [0.29, 0.717) is 17.6 Å². The summed E-state index contributed by atoms with van der Waals surface area (Å²) < 4.78 is 5.84. The summed E-state index contributed by atoms with van der Waals surface area (Å²) >= 11 is 5.54. The van der Waals surface area contributed by atoms with Crippen LogP contribution in [0.15, 0.2) is 35.5 Å².